The summed E-state index contributed by atoms with van der Waals surface area (Å²) in [6.45, 7) is 0. The molecule has 34 heavy (non-hydrogen) atoms. The Morgan fingerprint density at radius 1 is 1.09 bits per heavy atom. The molecule has 0 atom stereocenters. The average molecular weight is 493 g/mol. The van der Waals surface area contributed by atoms with Crippen LogP contribution in [0.3, 0.4) is 0 Å². The number of aryl methyl sites for hydroxylation is 2. The van der Waals surface area contributed by atoms with Crippen molar-refractivity contribution < 1.29 is 14.3 Å². The van der Waals surface area contributed by atoms with Gasteiger partial charge in [0, 0.05) is 17.0 Å². The molecule has 1 aliphatic rings. The van der Waals surface area contributed by atoms with Crippen molar-refractivity contribution in [2.75, 3.05) is 20.0 Å². The fourth-order valence-corrected chi connectivity index (χ4v) is 6.10. The molecule has 2 aromatic heterocycles. The summed E-state index contributed by atoms with van der Waals surface area (Å²) in [4.78, 5) is 34.0. The van der Waals surface area contributed by atoms with Gasteiger partial charge < -0.3 is 14.5 Å². The van der Waals surface area contributed by atoms with Gasteiger partial charge in [-0.05, 0) is 54.5 Å². The van der Waals surface area contributed by atoms with Gasteiger partial charge in [-0.15, -0.1) is 11.3 Å². The van der Waals surface area contributed by atoms with Crippen molar-refractivity contribution in [1.82, 2.24) is 9.97 Å². The minimum Gasteiger partial charge on any atom is -0.497 e. The van der Waals surface area contributed by atoms with Gasteiger partial charge in [-0.3, -0.25) is 9.59 Å². The van der Waals surface area contributed by atoms with Gasteiger partial charge in [0.05, 0.1) is 30.9 Å². The lowest BCUT2D eigenvalue weighted by Crippen LogP contribution is -2.11. The van der Waals surface area contributed by atoms with Crippen LogP contribution in [0, 0.1) is 0 Å². The molecule has 0 aliphatic heterocycles. The van der Waals surface area contributed by atoms with Crippen LogP contribution in [-0.2, 0) is 12.8 Å². The first-order valence-corrected chi connectivity index (χ1v) is 13.0. The van der Waals surface area contributed by atoms with Crippen LogP contribution < -0.4 is 15.0 Å². The molecule has 4 aromatic rings. The number of thioether (sulfide) groups is 1. The number of rotatable bonds is 7. The number of fused-ring (bicyclic) bond motifs is 2. The van der Waals surface area contributed by atoms with E-state index in [4.69, 9.17) is 9.47 Å². The van der Waals surface area contributed by atoms with E-state index in [0.29, 0.717) is 32.4 Å². The van der Waals surface area contributed by atoms with E-state index in [0.717, 1.165) is 24.0 Å². The fraction of sp³-hybridized carbons (Fsp3) is 0.269. The lowest BCUT2D eigenvalue weighted by atomic mass is 9.89. The van der Waals surface area contributed by atoms with Gasteiger partial charge >= 0.3 is 0 Å². The summed E-state index contributed by atoms with van der Waals surface area (Å²) in [6, 6.07) is 11.6. The average Bonchev–Trinajstić information content (AvgIpc) is 3.31. The van der Waals surface area contributed by atoms with Crippen LogP contribution in [0.25, 0.3) is 21.3 Å². The van der Waals surface area contributed by atoms with Crippen molar-refractivity contribution in [2.24, 2.45) is 0 Å². The second kappa shape index (κ2) is 9.64. The number of aromatic nitrogens is 2. The molecule has 0 amide bonds. The maximum absolute atomic E-state index is 13.0. The molecule has 6 nitrogen and oxygen atoms in total. The lowest BCUT2D eigenvalue weighted by molar-refractivity contribution is 0.101. The third-order valence-electron chi connectivity index (χ3n) is 6.13. The number of nitrogens with one attached hydrogen (secondary N) is 1. The third-order valence-corrected chi connectivity index (χ3v) is 7.88. The first-order chi connectivity index (χ1) is 16.6. The second-order valence-electron chi connectivity index (χ2n) is 8.17. The van der Waals surface area contributed by atoms with Gasteiger partial charge in [0.25, 0.3) is 5.56 Å². The number of aromatic amines is 1. The molecule has 0 bridgehead atoms. The molecule has 0 unspecified atom stereocenters. The highest BCUT2D eigenvalue weighted by atomic mass is 32.2. The number of hydrogen-bond acceptors (Lipinski definition) is 7. The second-order valence-corrected chi connectivity index (χ2v) is 9.99. The fourth-order valence-electron chi connectivity index (χ4n) is 4.35. The Hall–Kier alpha value is -3.10. The quantitative estimate of drug-likeness (QED) is 0.208. The third kappa shape index (κ3) is 4.35. The molecule has 0 saturated carbocycles. The number of thiophene rings is 1. The number of ketones is 1. The maximum atomic E-state index is 13.0. The Morgan fingerprint density at radius 3 is 2.71 bits per heavy atom. The zero-order valence-corrected chi connectivity index (χ0v) is 20.6. The molecule has 0 radical (unpaired) electrons. The zero-order chi connectivity index (χ0) is 23.7. The van der Waals surface area contributed by atoms with E-state index < -0.39 is 0 Å². The van der Waals surface area contributed by atoms with Crippen LogP contribution in [0.4, 0.5) is 0 Å². The highest BCUT2D eigenvalue weighted by molar-refractivity contribution is 7.99. The normalized spacial score (nSPS) is 13.0. The predicted octanol–water partition coefficient (Wildman–Crippen LogP) is 5.52. The van der Waals surface area contributed by atoms with Crippen molar-refractivity contribution in [3.05, 3.63) is 68.8 Å². The topological polar surface area (TPSA) is 81.3 Å². The van der Waals surface area contributed by atoms with Gasteiger partial charge in [0.15, 0.2) is 10.9 Å². The summed E-state index contributed by atoms with van der Waals surface area (Å²) < 4.78 is 10.5. The van der Waals surface area contributed by atoms with E-state index in [1.54, 1.807) is 25.3 Å². The Morgan fingerprint density at radius 2 is 1.91 bits per heavy atom. The van der Waals surface area contributed by atoms with E-state index in [1.165, 1.54) is 54.2 Å². The molecular weight excluding hydrogens is 468 g/mol. The molecule has 1 aliphatic carbocycles. The van der Waals surface area contributed by atoms with Crippen LogP contribution in [0.1, 0.15) is 34.3 Å². The van der Waals surface area contributed by atoms with Crippen LogP contribution in [0.15, 0.2) is 51.7 Å². The van der Waals surface area contributed by atoms with E-state index in [-0.39, 0.29) is 17.1 Å². The number of nitrogens with zero attached hydrogens (tertiary/aromatic N) is 1. The summed E-state index contributed by atoms with van der Waals surface area (Å²) in [5.74, 6) is 1.08. The van der Waals surface area contributed by atoms with Crippen molar-refractivity contribution >= 4 is 39.1 Å². The molecular formula is C26H24N2O4S2. The molecule has 0 fully saturated rings. The van der Waals surface area contributed by atoms with E-state index >= 15 is 0 Å². The number of ether oxygens (including phenoxy) is 2. The van der Waals surface area contributed by atoms with Crippen molar-refractivity contribution in [3.8, 4) is 22.6 Å². The molecule has 2 aromatic carbocycles. The highest BCUT2D eigenvalue weighted by Gasteiger charge is 2.18. The predicted molar refractivity (Wildman–Crippen MR) is 137 cm³/mol. The minimum atomic E-state index is -0.184. The van der Waals surface area contributed by atoms with Crippen LogP contribution in [0.2, 0.25) is 0 Å². The number of methoxy groups -OCH3 is 2. The molecule has 0 spiro atoms. The molecule has 1 N–H and O–H groups in total. The number of benzene rings is 2. The number of hydrogen-bond donors (Lipinski definition) is 1. The van der Waals surface area contributed by atoms with Crippen LogP contribution >= 0.6 is 23.1 Å². The molecule has 0 saturated heterocycles. The summed E-state index contributed by atoms with van der Waals surface area (Å²) in [7, 11) is 3.08. The SMILES string of the molecule is COc1ccc(C(=O)CSc2nc3scc(-c4ccc5c(c4)CCCC5)c3c(=O)[nH]2)c(OC)c1. The van der Waals surface area contributed by atoms with Gasteiger partial charge in [-0.25, -0.2) is 4.98 Å². The number of H-pyrrole nitrogens is 1. The number of carbonyl (C=O) groups is 1. The monoisotopic (exact) mass is 492 g/mol. The lowest BCUT2D eigenvalue weighted by Gasteiger charge is -2.16. The van der Waals surface area contributed by atoms with Crippen LogP contribution in [-0.4, -0.2) is 35.7 Å². The van der Waals surface area contributed by atoms with Gasteiger partial charge in [0.2, 0.25) is 0 Å². The van der Waals surface area contributed by atoms with E-state index in [2.05, 4.69) is 28.2 Å². The Labute approximate surface area is 205 Å². The maximum Gasteiger partial charge on any atom is 0.260 e. The summed E-state index contributed by atoms with van der Waals surface area (Å²) in [6.07, 6.45) is 4.67. The van der Waals surface area contributed by atoms with Gasteiger partial charge in [-0.2, -0.15) is 0 Å². The summed E-state index contributed by atoms with van der Waals surface area (Å²) >= 11 is 2.66. The van der Waals surface area contributed by atoms with Gasteiger partial charge in [0.1, 0.15) is 16.3 Å². The van der Waals surface area contributed by atoms with Crippen molar-refractivity contribution in [1.29, 1.82) is 0 Å². The van der Waals surface area contributed by atoms with Gasteiger partial charge in [-0.1, -0.05) is 30.0 Å². The molecule has 2 heterocycles. The van der Waals surface area contributed by atoms with Crippen molar-refractivity contribution in [2.45, 2.75) is 30.8 Å². The molecule has 8 heteroatoms. The molecule has 174 valence electrons. The largest absolute Gasteiger partial charge is 0.497 e. The Bertz CT molecular complexity index is 1440. The molecule has 5 rings (SSSR count). The highest BCUT2D eigenvalue weighted by Crippen LogP contribution is 2.34. The zero-order valence-electron chi connectivity index (χ0n) is 19.0. The van der Waals surface area contributed by atoms with E-state index in [9.17, 15) is 9.59 Å². The minimum absolute atomic E-state index is 0.117. The Balaban J connectivity index is 1.38. The van der Waals surface area contributed by atoms with Crippen molar-refractivity contribution in [3.63, 3.8) is 0 Å². The smallest absolute Gasteiger partial charge is 0.260 e. The number of Topliss-reactive ketones (excluding diaryl/α,β-unsaturated/α-hetero) is 1. The number of carbonyl (C=O) groups excluding carboxylic acids is 1. The Kier molecular flexibility index (Phi) is 6.43. The standard InChI is InChI=1S/C26H24N2O4S2/c1-31-18-9-10-19(22(12-18)32-2)21(29)14-34-26-27-24(30)23-20(13-33-25(23)28-26)17-8-7-15-5-3-4-6-16(15)11-17/h7-13H,3-6,14H2,1-2H3,(H,27,28,30). The first kappa shape index (κ1) is 22.7. The summed E-state index contributed by atoms with van der Waals surface area (Å²) in [5.41, 5.74) is 5.05. The summed E-state index contributed by atoms with van der Waals surface area (Å²) in [5, 5.41) is 3.03. The first-order valence-electron chi connectivity index (χ1n) is 11.1. The van der Waals surface area contributed by atoms with Crippen LogP contribution in [0.5, 0.6) is 11.5 Å². The van der Waals surface area contributed by atoms with E-state index in [1.807, 2.05) is 5.38 Å².